The number of nitrogens with one attached hydrogen (secondary N) is 1. The van der Waals surface area contributed by atoms with Crippen molar-refractivity contribution in [2.75, 3.05) is 26.5 Å². The van der Waals surface area contributed by atoms with Crippen LogP contribution in [-0.4, -0.2) is 33.9 Å². The summed E-state index contributed by atoms with van der Waals surface area (Å²) in [6, 6.07) is 13.7. The van der Waals surface area contributed by atoms with Gasteiger partial charge in [-0.2, -0.15) is 0 Å². The lowest BCUT2D eigenvalue weighted by Crippen LogP contribution is -2.29. The van der Waals surface area contributed by atoms with Gasteiger partial charge in [0, 0.05) is 25.7 Å². The Hall–Kier alpha value is -2.31. The van der Waals surface area contributed by atoms with E-state index in [4.69, 9.17) is 4.74 Å². The molecule has 2 aliphatic rings. The zero-order chi connectivity index (χ0) is 19.2. The van der Waals surface area contributed by atoms with Gasteiger partial charge >= 0.3 is 0 Å². The summed E-state index contributed by atoms with van der Waals surface area (Å²) in [5.74, 6) is 1.40. The minimum absolute atomic E-state index is 0.156. The molecule has 2 aromatic carbocycles. The zero-order valence-electron chi connectivity index (χ0n) is 15.7. The second-order valence-corrected chi connectivity index (χ2v) is 9.44. The standard InChI is InChI=1S/C21H24N2O3S/c1-23(2)27(24,25)16-10-11-20-19(13-16)17-8-5-9-18(17)21(22-20)14-6-4-7-15(12-14)26-3/h4-8,10-13,17-18,21-22H,9H2,1-3H3. The Morgan fingerprint density at radius 2 is 1.96 bits per heavy atom. The molecule has 0 spiro atoms. The van der Waals surface area contributed by atoms with E-state index in [0.717, 1.165) is 23.4 Å². The molecule has 1 aliphatic heterocycles. The fourth-order valence-corrected chi connectivity index (χ4v) is 5.05. The second kappa shape index (κ2) is 6.69. The van der Waals surface area contributed by atoms with Crippen LogP contribution >= 0.6 is 0 Å². The van der Waals surface area contributed by atoms with Crippen LogP contribution in [0.3, 0.4) is 0 Å². The molecule has 6 heteroatoms. The lowest BCUT2D eigenvalue weighted by Gasteiger charge is -2.38. The number of sulfonamides is 1. The monoisotopic (exact) mass is 384 g/mol. The van der Waals surface area contributed by atoms with E-state index in [9.17, 15) is 8.42 Å². The predicted octanol–water partition coefficient (Wildman–Crippen LogP) is 3.77. The van der Waals surface area contributed by atoms with Crippen LogP contribution in [0.5, 0.6) is 5.75 Å². The van der Waals surface area contributed by atoms with Gasteiger partial charge in [-0.3, -0.25) is 0 Å². The molecule has 0 saturated heterocycles. The van der Waals surface area contributed by atoms with Crippen LogP contribution in [0.4, 0.5) is 5.69 Å². The highest BCUT2D eigenvalue weighted by Gasteiger charge is 2.38. The SMILES string of the molecule is COc1cccc(C2Nc3ccc(S(=O)(=O)N(C)C)cc3C3C=CCC32)c1. The zero-order valence-corrected chi connectivity index (χ0v) is 16.5. The molecule has 142 valence electrons. The summed E-state index contributed by atoms with van der Waals surface area (Å²) in [5.41, 5.74) is 3.23. The number of methoxy groups -OCH3 is 1. The van der Waals surface area contributed by atoms with Gasteiger partial charge in [-0.25, -0.2) is 12.7 Å². The normalized spacial score (nSPS) is 23.6. The van der Waals surface area contributed by atoms with Gasteiger partial charge in [0.15, 0.2) is 0 Å². The molecule has 5 nitrogen and oxygen atoms in total. The van der Waals surface area contributed by atoms with Crippen molar-refractivity contribution in [2.24, 2.45) is 5.92 Å². The molecule has 0 saturated carbocycles. The van der Waals surface area contributed by atoms with Gasteiger partial charge in [0.2, 0.25) is 10.0 Å². The van der Waals surface area contributed by atoms with Gasteiger partial charge in [0.1, 0.15) is 5.75 Å². The maximum atomic E-state index is 12.5. The molecule has 2 aromatic rings. The molecule has 1 heterocycles. The lowest BCUT2D eigenvalue weighted by molar-refractivity contribution is 0.406. The third-order valence-corrected chi connectivity index (χ3v) is 7.38. The average Bonchev–Trinajstić information content (AvgIpc) is 3.17. The molecule has 0 fully saturated rings. The van der Waals surface area contributed by atoms with Crippen LogP contribution in [0.25, 0.3) is 0 Å². The largest absolute Gasteiger partial charge is 0.497 e. The van der Waals surface area contributed by atoms with E-state index in [-0.39, 0.29) is 12.0 Å². The van der Waals surface area contributed by atoms with Crippen molar-refractivity contribution >= 4 is 15.7 Å². The van der Waals surface area contributed by atoms with Crippen LogP contribution in [0.2, 0.25) is 0 Å². The van der Waals surface area contributed by atoms with Crippen molar-refractivity contribution < 1.29 is 13.2 Å². The first-order chi connectivity index (χ1) is 12.9. The Morgan fingerprint density at radius 1 is 1.15 bits per heavy atom. The van der Waals surface area contributed by atoms with Crippen LogP contribution in [0, 0.1) is 5.92 Å². The number of anilines is 1. The van der Waals surface area contributed by atoms with Gasteiger partial charge in [-0.1, -0.05) is 24.3 Å². The quantitative estimate of drug-likeness (QED) is 0.815. The van der Waals surface area contributed by atoms with E-state index in [2.05, 4.69) is 29.6 Å². The molecule has 1 N–H and O–H groups in total. The summed E-state index contributed by atoms with van der Waals surface area (Å²) < 4.78 is 31.7. The Balaban J connectivity index is 1.76. The number of hydrogen-bond donors (Lipinski definition) is 1. The molecule has 0 amide bonds. The van der Waals surface area contributed by atoms with Gasteiger partial charge in [-0.15, -0.1) is 0 Å². The van der Waals surface area contributed by atoms with E-state index < -0.39 is 10.0 Å². The van der Waals surface area contributed by atoms with Crippen LogP contribution in [0.15, 0.2) is 59.5 Å². The van der Waals surface area contributed by atoms with Crippen molar-refractivity contribution in [1.82, 2.24) is 4.31 Å². The lowest BCUT2D eigenvalue weighted by atomic mass is 9.77. The fraction of sp³-hybridized carbons (Fsp3) is 0.333. The van der Waals surface area contributed by atoms with Crippen molar-refractivity contribution in [3.63, 3.8) is 0 Å². The molecular formula is C21H24N2O3S. The van der Waals surface area contributed by atoms with Gasteiger partial charge < -0.3 is 10.1 Å². The van der Waals surface area contributed by atoms with E-state index in [1.54, 1.807) is 27.3 Å². The summed E-state index contributed by atoms with van der Waals surface area (Å²) in [5, 5.41) is 3.64. The van der Waals surface area contributed by atoms with E-state index in [1.807, 2.05) is 24.3 Å². The highest BCUT2D eigenvalue weighted by molar-refractivity contribution is 7.89. The number of rotatable bonds is 4. The van der Waals surface area contributed by atoms with E-state index in [1.165, 1.54) is 9.87 Å². The average molecular weight is 385 g/mol. The molecule has 0 aromatic heterocycles. The number of allylic oxidation sites excluding steroid dienone is 2. The third-order valence-electron chi connectivity index (χ3n) is 5.57. The molecule has 4 rings (SSSR count). The van der Waals surface area contributed by atoms with Gasteiger partial charge in [0.25, 0.3) is 0 Å². The fourth-order valence-electron chi connectivity index (χ4n) is 4.11. The third kappa shape index (κ3) is 3.03. The molecule has 27 heavy (non-hydrogen) atoms. The molecule has 1 aliphatic carbocycles. The minimum atomic E-state index is -3.45. The number of nitrogens with zero attached hydrogens (tertiary/aromatic N) is 1. The molecule has 3 unspecified atom stereocenters. The summed E-state index contributed by atoms with van der Waals surface area (Å²) in [4.78, 5) is 0.340. The number of ether oxygens (including phenoxy) is 1. The summed E-state index contributed by atoms with van der Waals surface area (Å²) in [6.45, 7) is 0. The van der Waals surface area contributed by atoms with E-state index >= 15 is 0 Å². The van der Waals surface area contributed by atoms with E-state index in [0.29, 0.717) is 10.8 Å². The molecule has 0 bridgehead atoms. The number of benzene rings is 2. The Labute approximate surface area is 160 Å². The molecule has 3 atom stereocenters. The van der Waals surface area contributed by atoms with Gasteiger partial charge in [-0.05, 0) is 53.8 Å². The second-order valence-electron chi connectivity index (χ2n) is 7.29. The Kier molecular flexibility index (Phi) is 4.48. The first-order valence-corrected chi connectivity index (χ1v) is 10.5. The van der Waals surface area contributed by atoms with Crippen LogP contribution in [0.1, 0.15) is 29.5 Å². The Bertz CT molecular complexity index is 998. The predicted molar refractivity (Wildman–Crippen MR) is 107 cm³/mol. The van der Waals surface area contributed by atoms with Crippen LogP contribution in [-0.2, 0) is 10.0 Å². The van der Waals surface area contributed by atoms with Crippen molar-refractivity contribution in [3.8, 4) is 5.75 Å². The maximum Gasteiger partial charge on any atom is 0.242 e. The molecule has 0 radical (unpaired) electrons. The first-order valence-electron chi connectivity index (χ1n) is 9.05. The smallest absolute Gasteiger partial charge is 0.242 e. The highest BCUT2D eigenvalue weighted by Crippen LogP contribution is 2.50. The first kappa shape index (κ1) is 18.1. The summed E-state index contributed by atoms with van der Waals surface area (Å²) in [6.07, 6.45) is 5.37. The minimum Gasteiger partial charge on any atom is -0.497 e. The number of fused-ring (bicyclic) bond motifs is 3. The van der Waals surface area contributed by atoms with Crippen LogP contribution < -0.4 is 10.1 Å². The topological polar surface area (TPSA) is 58.6 Å². The molecular weight excluding hydrogens is 360 g/mol. The van der Waals surface area contributed by atoms with Crippen molar-refractivity contribution in [1.29, 1.82) is 0 Å². The Morgan fingerprint density at radius 3 is 2.70 bits per heavy atom. The highest BCUT2D eigenvalue weighted by atomic mass is 32.2. The van der Waals surface area contributed by atoms with Crippen molar-refractivity contribution in [2.45, 2.75) is 23.3 Å². The maximum absolute atomic E-state index is 12.5. The summed E-state index contributed by atoms with van der Waals surface area (Å²) >= 11 is 0. The van der Waals surface area contributed by atoms with Crippen molar-refractivity contribution in [3.05, 3.63) is 65.7 Å². The summed E-state index contributed by atoms with van der Waals surface area (Å²) in [7, 11) is 1.35. The van der Waals surface area contributed by atoms with Gasteiger partial charge in [0.05, 0.1) is 18.0 Å². The number of hydrogen-bond acceptors (Lipinski definition) is 4.